The monoisotopic (exact) mass is 413 g/mol. The number of carbonyl (C=O) groups excluding carboxylic acids is 2. The normalized spacial score (nSPS) is 24.8. The third-order valence-electron chi connectivity index (χ3n) is 7.43. The van der Waals surface area contributed by atoms with Crippen LogP contribution in [-0.4, -0.2) is 30.8 Å². The molecule has 3 aliphatic rings. The zero-order chi connectivity index (χ0) is 21.6. The van der Waals surface area contributed by atoms with E-state index < -0.39 is 0 Å². The molecule has 31 heavy (non-hydrogen) atoms. The minimum atomic E-state index is -0.355. The summed E-state index contributed by atoms with van der Waals surface area (Å²) in [5.74, 6) is 0.676. The summed E-state index contributed by atoms with van der Waals surface area (Å²) in [4.78, 5) is 26.6. The van der Waals surface area contributed by atoms with Gasteiger partial charge in [0.05, 0.1) is 23.9 Å². The van der Waals surface area contributed by atoms with Crippen LogP contribution in [0.4, 0.5) is 5.69 Å². The summed E-state index contributed by atoms with van der Waals surface area (Å²) in [5.41, 5.74) is 4.91. The molecule has 1 N–H and O–H groups in total. The fourth-order valence-electron chi connectivity index (χ4n) is 5.50. The first-order chi connectivity index (χ1) is 15.0. The van der Waals surface area contributed by atoms with Gasteiger partial charge >= 0.3 is 0 Å². The summed E-state index contributed by atoms with van der Waals surface area (Å²) in [6.45, 7) is 0.942. The molecule has 2 aliphatic heterocycles. The first-order valence-corrected chi connectivity index (χ1v) is 11.1. The average Bonchev–Trinajstić information content (AvgIpc) is 3.48. The van der Waals surface area contributed by atoms with Crippen LogP contribution in [0.2, 0.25) is 0 Å². The number of amides is 1. The van der Waals surface area contributed by atoms with E-state index in [1.165, 1.54) is 0 Å². The molecule has 1 saturated carbocycles. The van der Waals surface area contributed by atoms with E-state index in [4.69, 9.17) is 0 Å². The Morgan fingerprint density at radius 3 is 2.68 bits per heavy atom. The lowest BCUT2D eigenvalue weighted by molar-refractivity contribution is -0.125. The zero-order valence-corrected chi connectivity index (χ0v) is 17.9. The molecule has 5 rings (SSSR count). The summed E-state index contributed by atoms with van der Waals surface area (Å²) in [6, 6.07) is 16.7. The first-order valence-electron chi connectivity index (χ1n) is 11.1. The van der Waals surface area contributed by atoms with Gasteiger partial charge in [0.2, 0.25) is 5.91 Å². The number of hydrogen-bond acceptors (Lipinski definition) is 4. The number of Topliss-reactive ketones (excluding diaryl/α,β-unsaturated/α-hetero) is 1. The van der Waals surface area contributed by atoms with Crippen LogP contribution in [0.5, 0.6) is 0 Å². The molecule has 0 radical (unpaired) electrons. The third-order valence-corrected chi connectivity index (χ3v) is 7.43. The Hall–Kier alpha value is -2.97. The van der Waals surface area contributed by atoms with Crippen molar-refractivity contribution in [1.82, 2.24) is 5.32 Å². The Bertz CT molecular complexity index is 1070. The van der Waals surface area contributed by atoms with Gasteiger partial charge in [0.15, 0.2) is 5.78 Å². The predicted octanol–water partition coefficient (Wildman–Crippen LogP) is 3.66. The molecule has 5 nitrogen and oxygen atoms in total. The fraction of sp³-hybridized carbons (Fsp3) is 0.423. The van der Waals surface area contributed by atoms with Gasteiger partial charge in [-0.2, -0.15) is 5.26 Å². The van der Waals surface area contributed by atoms with Crippen molar-refractivity contribution in [1.29, 1.82) is 5.26 Å². The van der Waals surface area contributed by atoms with Crippen LogP contribution in [0.15, 0.2) is 42.5 Å². The number of nitrogens with one attached hydrogen (secondary N) is 1. The maximum atomic E-state index is 12.9. The maximum Gasteiger partial charge on any atom is 0.231 e. The van der Waals surface area contributed by atoms with Crippen molar-refractivity contribution < 1.29 is 9.59 Å². The summed E-state index contributed by atoms with van der Waals surface area (Å²) >= 11 is 0. The number of nitrogens with zero attached hydrogens (tertiary/aromatic N) is 2. The molecule has 3 atom stereocenters. The van der Waals surface area contributed by atoms with Gasteiger partial charge in [-0.15, -0.1) is 0 Å². The lowest BCUT2D eigenvalue weighted by Crippen LogP contribution is -2.48. The molecule has 5 heteroatoms. The largest absolute Gasteiger partial charge is 0.315 e. The minimum Gasteiger partial charge on any atom is -0.315 e. The summed E-state index contributed by atoms with van der Waals surface area (Å²) in [6.07, 6.45) is 4.37. The van der Waals surface area contributed by atoms with Crippen molar-refractivity contribution in [2.45, 2.75) is 44.1 Å². The highest BCUT2D eigenvalue weighted by Gasteiger charge is 2.49. The Morgan fingerprint density at radius 1 is 1.26 bits per heavy atom. The number of hydrogen-bond donors (Lipinski definition) is 1. The van der Waals surface area contributed by atoms with Crippen LogP contribution < -0.4 is 10.2 Å². The predicted molar refractivity (Wildman–Crippen MR) is 119 cm³/mol. The van der Waals surface area contributed by atoms with Crippen molar-refractivity contribution in [3.05, 3.63) is 53.6 Å². The quantitative estimate of drug-likeness (QED) is 0.784. The third kappa shape index (κ3) is 3.55. The Morgan fingerprint density at radius 2 is 2.03 bits per heavy atom. The molecule has 2 aromatic rings. The minimum absolute atomic E-state index is 0.125. The van der Waals surface area contributed by atoms with E-state index in [-0.39, 0.29) is 23.1 Å². The molecule has 0 spiro atoms. The topological polar surface area (TPSA) is 73.2 Å². The highest BCUT2D eigenvalue weighted by molar-refractivity contribution is 6.01. The molecular formula is C26H27N3O2. The van der Waals surface area contributed by atoms with E-state index in [9.17, 15) is 14.9 Å². The van der Waals surface area contributed by atoms with E-state index in [0.29, 0.717) is 25.2 Å². The second-order valence-corrected chi connectivity index (χ2v) is 9.40. The second-order valence-electron chi connectivity index (χ2n) is 9.40. The van der Waals surface area contributed by atoms with Crippen LogP contribution >= 0.6 is 0 Å². The standard InChI is InChI=1S/C26H27N3O2/c1-29-23-12-21(6-7-22(23)13-25(29)31)20-4-2-17(3-5-20)10-19(15-27)11-24(30)26-9-8-18(14-26)16-28-26/h2-7,12,18-19,28H,8-11,13-14,16H2,1H3/t18-,19-,26-/m1/s1. The number of likely N-dealkylation sites (N-methyl/N-ethyl adjacent to an activating group) is 1. The Balaban J connectivity index is 1.26. The van der Waals surface area contributed by atoms with Crippen LogP contribution in [-0.2, 0) is 22.4 Å². The van der Waals surface area contributed by atoms with Crippen LogP contribution in [0.25, 0.3) is 11.1 Å². The van der Waals surface area contributed by atoms with E-state index in [0.717, 1.165) is 53.7 Å². The van der Waals surface area contributed by atoms with E-state index in [1.807, 2.05) is 25.2 Å². The van der Waals surface area contributed by atoms with Crippen molar-refractivity contribution in [2.24, 2.45) is 11.8 Å². The Kier molecular flexibility index (Phi) is 4.91. The number of fused-ring (bicyclic) bond motifs is 3. The lowest BCUT2D eigenvalue weighted by atomic mass is 9.85. The highest BCUT2D eigenvalue weighted by Crippen LogP contribution is 2.41. The summed E-state index contributed by atoms with van der Waals surface area (Å²) in [7, 11) is 1.82. The molecule has 2 aromatic carbocycles. The number of carbonyl (C=O) groups is 2. The van der Waals surface area contributed by atoms with Gasteiger partial charge < -0.3 is 10.2 Å². The Labute approximate surface area is 183 Å². The summed E-state index contributed by atoms with van der Waals surface area (Å²) < 4.78 is 0. The second kappa shape index (κ2) is 7.62. The van der Waals surface area contributed by atoms with Crippen molar-refractivity contribution in [2.75, 3.05) is 18.5 Å². The lowest BCUT2D eigenvalue weighted by Gasteiger charge is -2.27. The number of anilines is 1. The maximum absolute atomic E-state index is 12.9. The molecule has 1 aliphatic carbocycles. The van der Waals surface area contributed by atoms with Gasteiger partial charge in [-0.1, -0.05) is 36.4 Å². The smallest absolute Gasteiger partial charge is 0.231 e. The van der Waals surface area contributed by atoms with Crippen LogP contribution in [0.1, 0.15) is 36.8 Å². The number of piperidine rings is 1. The van der Waals surface area contributed by atoms with Crippen molar-refractivity contribution in [3.63, 3.8) is 0 Å². The van der Waals surface area contributed by atoms with E-state index in [2.05, 4.69) is 35.7 Å². The molecule has 2 fully saturated rings. The van der Waals surface area contributed by atoms with Gasteiger partial charge in [0.25, 0.3) is 0 Å². The average molecular weight is 414 g/mol. The van der Waals surface area contributed by atoms with Gasteiger partial charge in [0, 0.05) is 19.2 Å². The fourth-order valence-corrected chi connectivity index (χ4v) is 5.50. The molecule has 2 bridgehead atoms. The van der Waals surface area contributed by atoms with Crippen molar-refractivity contribution in [3.8, 4) is 17.2 Å². The van der Waals surface area contributed by atoms with Gasteiger partial charge in [-0.05, 0) is 66.5 Å². The molecule has 1 saturated heterocycles. The van der Waals surface area contributed by atoms with Gasteiger partial charge in [-0.25, -0.2) is 0 Å². The van der Waals surface area contributed by atoms with Crippen LogP contribution in [0, 0.1) is 23.2 Å². The highest BCUT2D eigenvalue weighted by atomic mass is 16.2. The molecule has 158 valence electrons. The molecule has 1 amide bonds. The number of rotatable bonds is 6. The number of ketones is 1. The number of benzene rings is 2. The first kappa shape index (κ1) is 20.0. The molecule has 0 unspecified atom stereocenters. The molecule has 0 aromatic heterocycles. The molecular weight excluding hydrogens is 386 g/mol. The van der Waals surface area contributed by atoms with Gasteiger partial charge in [0.1, 0.15) is 0 Å². The van der Waals surface area contributed by atoms with Crippen molar-refractivity contribution >= 4 is 17.4 Å². The number of nitriles is 1. The zero-order valence-electron chi connectivity index (χ0n) is 17.9. The van der Waals surface area contributed by atoms with E-state index in [1.54, 1.807) is 4.90 Å². The van der Waals surface area contributed by atoms with Crippen LogP contribution in [0.3, 0.4) is 0 Å². The molecule has 2 heterocycles. The van der Waals surface area contributed by atoms with Gasteiger partial charge in [-0.3, -0.25) is 9.59 Å². The summed E-state index contributed by atoms with van der Waals surface area (Å²) in [5, 5.41) is 13.1. The SMILES string of the molecule is CN1C(=O)Cc2ccc(-c3ccc(C[C@@H](C#N)CC(=O)[C@]45CC[C@@H](CN4)C5)cc3)cc21. The van der Waals surface area contributed by atoms with E-state index >= 15 is 0 Å².